The fourth-order valence-electron chi connectivity index (χ4n) is 4.41. The lowest BCUT2D eigenvalue weighted by Crippen LogP contribution is -2.54. The zero-order chi connectivity index (χ0) is 29.4. The highest BCUT2D eigenvalue weighted by Crippen LogP contribution is 2.25. The summed E-state index contributed by atoms with van der Waals surface area (Å²) in [7, 11) is -3.83. The quantitative estimate of drug-likeness (QED) is 0.314. The number of carbonyl (C=O) groups excluding carboxylic acids is 2. The first-order valence-electron chi connectivity index (χ1n) is 13.3. The number of aryl methyl sites for hydroxylation is 2. The molecule has 40 heavy (non-hydrogen) atoms. The zero-order valence-electron chi connectivity index (χ0n) is 23.7. The van der Waals surface area contributed by atoms with Crippen LogP contribution >= 0.6 is 11.6 Å². The van der Waals surface area contributed by atoms with Crippen LogP contribution in [0.15, 0.2) is 72.8 Å². The standard InChI is InChI=1S/C31H38ClN3O4S/c1-6-24(4)33-31(37)29(19-25-11-8-7-9-12-25)34(20-26-13-10-14-27(32)18-26)30(36)21-35(40(5,38)39)28-17-22(2)15-16-23(28)3/h7-18,24,29H,6,19-21H2,1-5H3,(H,33,37)/t24-,29-/m1/s1. The van der Waals surface area contributed by atoms with Gasteiger partial charge in [-0.1, -0.05) is 73.1 Å². The fourth-order valence-corrected chi connectivity index (χ4v) is 5.52. The summed E-state index contributed by atoms with van der Waals surface area (Å²) in [6.07, 6.45) is 2.07. The van der Waals surface area contributed by atoms with E-state index in [0.717, 1.165) is 39.2 Å². The Morgan fingerprint density at radius 2 is 1.62 bits per heavy atom. The minimum absolute atomic E-state index is 0.0786. The Balaban J connectivity index is 2.09. The first kappa shape index (κ1) is 31.2. The summed E-state index contributed by atoms with van der Waals surface area (Å²) in [6, 6.07) is 21.0. The van der Waals surface area contributed by atoms with E-state index in [0.29, 0.717) is 10.7 Å². The van der Waals surface area contributed by atoms with Crippen LogP contribution in [0.25, 0.3) is 0 Å². The molecule has 0 saturated heterocycles. The maximum Gasteiger partial charge on any atom is 0.244 e. The van der Waals surface area contributed by atoms with Crippen LogP contribution in [-0.4, -0.2) is 50.0 Å². The topological polar surface area (TPSA) is 86.8 Å². The first-order valence-corrected chi connectivity index (χ1v) is 15.5. The molecule has 3 aromatic rings. The van der Waals surface area contributed by atoms with Gasteiger partial charge in [0.05, 0.1) is 11.9 Å². The maximum atomic E-state index is 14.2. The van der Waals surface area contributed by atoms with E-state index in [1.165, 1.54) is 4.90 Å². The van der Waals surface area contributed by atoms with Crippen molar-refractivity contribution in [3.05, 3.63) is 100 Å². The van der Waals surface area contributed by atoms with Crippen LogP contribution in [-0.2, 0) is 32.6 Å². The Morgan fingerprint density at radius 3 is 2.25 bits per heavy atom. The number of anilines is 1. The Labute approximate surface area is 243 Å². The van der Waals surface area contributed by atoms with E-state index in [4.69, 9.17) is 11.6 Å². The Hall–Kier alpha value is -3.36. The number of amides is 2. The van der Waals surface area contributed by atoms with Crippen molar-refractivity contribution in [3.63, 3.8) is 0 Å². The smallest absolute Gasteiger partial charge is 0.244 e. The van der Waals surface area contributed by atoms with E-state index < -0.39 is 28.5 Å². The molecule has 0 aliphatic carbocycles. The van der Waals surface area contributed by atoms with Crippen LogP contribution in [0.3, 0.4) is 0 Å². The number of halogens is 1. The van der Waals surface area contributed by atoms with Gasteiger partial charge in [0.2, 0.25) is 21.8 Å². The molecule has 0 aromatic heterocycles. The maximum absolute atomic E-state index is 14.2. The predicted octanol–water partition coefficient (Wildman–Crippen LogP) is 5.28. The summed E-state index contributed by atoms with van der Waals surface area (Å²) >= 11 is 6.25. The van der Waals surface area contributed by atoms with Crippen molar-refractivity contribution >= 4 is 39.1 Å². The molecular weight excluding hydrogens is 546 g/mol. The van der Waals surface area contributed by atoms with Gasteiger partial charge in [0, 0.05) is 24.0 Å². The number of rotatable bonds is 12. The van der Waals surface area contributed by atoms with Gasteiger partial charge in [0.15, 0.2) is 0 Å². The summed E-state index contributed by atoms with van der Waals surface area (Å²) in [5.41, 5.74) is 3.63. The van der Waals surface area contributed by atoms with Crippen molar-refractivity contribution in [1.29, 1.82) is 0 Å². The third kappa shape index (κ3) is 8.57. The van der Waals surface area contributed by atoms with E-state index >= 15 is 0 Å². The van der Waals surface area contributed by atoms with E-state index in [1.807, 2.05) is 69.3 Å². The van der Waals surface area contributed by atoms with Gasteiger partial charge in [-0.3, -0.25) is 13.9 Å². The molecular formula is C31H38ClN3O4S. The van der Waals surface area contributed by atoms with Crippen LogP contribution in [0.5, 0.6) is 0 Å². The fraction of sp³-hybridized carbons (Fsp3) is 0.355. The summed E-state index contributed by atoms with van der Waals surface area (Å²) < 4.78 is 27.1. The van der Waals surface area contributed by atoms with Crippen molar-refractivity contribution in [3.8, 4) is 0 Å². The molecule has 0 radical (unpaired) electrons. The molecule has 7 nitrogen and oxygen atoms in total. The van der Waals surface area contributed by atoms with Crippen molar-refractivity contribution in [2.45, 2.75) is 59.2 Å². The number of nitrogens with zero attached hydrogens (tertiary/aromatic N) is 2. The molecule has 1 N–H and O–H groups in total. The average Bonchev–Trinajstić information content (AvgIpc) is 2.90. The molecule has 0 aliphatic heterocycles. The number of nitrogens with one attached hydrogen (secondary N) is 1. The first-order chi connectivity index (χ1) is 18.9. The number of sulfonamides is 1. The van der Waals surface area contributed by atoms with Gasteiger partial charge in [-0.15, -0.1) is 0 Å². The molecule has 2 amide bonds. The lowest BCUT2D eigenvalue weighted by Gasteiger charge is -2.34. The van der Waals surface area contributed by atoms with Crippen LogP contribution in [0, 0.1) is 13.8 Å². The van der Waals surface area contributed by atoms with Gasteiger partial charge in [-0.2, -0.15) is 0 Å². The molecule has 3 rings (SSSR count). The number of hydrogen-bond donors (Lipinski definition) is 1. The summed E-state index contributed by atoms with van der Waals surface area (Å²) in [4.78, 5) is 29.3. The van der Waals surface area contributed by atoms with Crippen molar-refractivity contribution < 1.29 is 18.0 Å². The Bertz CT molecular complexity index is 1430. The zero-order valence-corrected chi connectivity index (χ0v) is 25.3. The van der Waals surface area contributed by atoms with Gasteiger partial charge in [0.1, 0.15) is 12.6 Å². The molecule has 0 bridgehead atoms. The summed E-state index contributed by atoms with van der Waals surface area (Å²) in [5.74, 6) is -0.794. The number of carbonyl (C=O) groups is 2. The molecule has 0 unspecified atom stereocenters. The summed E-state index contributed by atoms with van der Waals surface area (Å²) in [5, 5.41) is 3.53. The van der Waals surface area contributed by atoms with Gasteiger partial charge in [-0.05, 0) is 67.6 Å². The van der Waals surface area contributed by atoms with Crippen LogP contribution in [0.2, 0.25) is 5.02 Å². The van der Waals surface area contributed by atoms with Gasteiger partial charge >= 0.3 is 0 Å². The van der Waals surface area contributed by atoms with Crippen LogP contribution < -0.4 is 9.62 Å². The largest absolute Gasteiger partial charge is 0.352 e. The highest BCUT2D eigenvalue weighted by molar-refractivity contribution is 7.92. The monoisotopic (exact) mass is 583 g/mol. The minimum Gasteiger partial charge on any atom is -0.352 e. The predicted molar refractivity (Wildman–Crippen MR) is 162 cm³/mol. The second kappa shape index (κ2) is 13.8. The van der Waals surface area contributed by atoms with E-state index in [2.05, 4.69) is 5.32 Å². The molecule has 0 heterocycles. The van der Waals surface area contributed by atoms with E-state index in [9.17, 15) is 18.0 Å². The second-order valence-electron chi connectivity index (χ2n) is 10.2. The summed E-state index contributed by atoms with van der Waals surface area (Å²) in [6.45, 7) is 7.18. The molecule has 214 valence electrons. The Morgan fingerprint density at radius 1 is 0.950 bits per heavy atom. The lowest BCUT2D eigenvalue weighted by molar-refractivity contribution is -0.140. The van der Waals surface area contributed by atoms with E-state index in [-0.39, 0.29) is 24.9 Å². The molecule has 0 aliphatic rings. The number of benzene rings is 3. The lowest BCUT2D eigenvalue weighted by atomic mass is 10.0. The third-order valence-electron chi connectivity index (χ3n) is 6.83. The minimum atomic E-state index is -3.83. The second-order valence-corrected chi connectivity index (χ2v) is 12.6. The molecule has 2 atom stereocenters. The van der Waals surface area contributed by atoms with Crippen LogP contribution in [0.1, 0.15) is 42.5 Å². The van der Waals surface area contributed by atoms with Gasteiger partial charge < -0.3 is 10.2 Å². The Kier molecular flexibility index (Phi) is 10.8. The number of hydrogen-bond acceptors (Lipinski definition) is 4. The molecule has 0 spiro atoms. The van der Waals surface area contributed by atoms with Gasteiger partial charge in [-0.25, -0.2) is 8.42 Å². The average molecular weight is 584 g/mol. The van der Waals surface area contributed by atoms with Gasteiger partial charge in [0.25, 0.3) is 0 Å². The highest BCUT2D eigenvalue weighted by atomic mass is 35.5. The third-order valence-corrected chi connectivity index (χ3v) is 8.19. The van der Waals surface area contributed by atoms with Crippen molar-refractivity contribution in [2.75, 3.05) is 17.1 Å². The van der Waals surface area contributed by atoms with Crippen LogP contribution in [0.4, 0.5) is 5.69 Å². The molecule has 0 fully saturated rings. The molecule has 3 aromatic carbocycles. The molecule has 9 heteroatoms. The van der Waals surface area contributed by atoms with Crippen molar-refractivity contribution in [2.24, 2.45) is 0 Å². The van der Waals surface area contributed by atoms with E-state index in [1.54, 1.807) is 31.2 Å². The molecule has 0 saturated carbocycles. The highest BCUT2D eigenvalue weighted by Gasteiger charge is 2.33. The van der Waals surface area contributed by atoms with Crippen molar-refractivity contribution in [1.82, 2.24) is 10.2 Å². The normalized spacial score (nSPS) is 12.8. The SMILES string of the molecule is CC[C@@H](C)NC(=O)[C@@H](Cc1ccccc1)N(Cc1cccc(Cl)c1)C(=O)CN(c1cc(C)ccc1C)S(C)(=O)=O.